The Labute approximate surface area is 97.3 Å². The minimum atomic E-state index is -3.22. The zero-order valence-electron chi connectivity index (χ0n) is 9.90. The predicted molar refractivity (Wildman–Crippen MR) is 67.3 cm³/mol. The molecular formula is C11H18N2O2S. The molecule has 0 aliphatic heterocycles. The van der Waals surface area contributed by atoms with Crippen LogP contribution in [0.15, 0.2) is 24.3 Å². The van der Waals surface area contributed by atoms with Crippen molar-refractivity contribution in [1.29, 1.82) is 0 Å². The topological polar surface area (TPSA) is 49.4 Å². The third-order valence-electron chi connectivity index (χ3n) is 2.42. The number of rotatable bonds is 5. The van der Waals surface area contributed by atoms with Crippen molar-refractivity contribution in [2.45, 2.75) is 6.92 Å². The van der Waals surface area contributed by atoms with E-state index < -0.39 is 10.0 Å². The molecule has 16 heavy (non-hydrogen) atoms. The second-order valence-electron chi connectivity index (χ2n) is 3.72. The lowest BCUT2D eigenvalue weighted by atomic mass is 10.2. The summed E-state index contributed by atoms with van der Waals surface area (Å²) in [7, 11) is 0.0990. The van der Waals surface area contributed by atoms with Gasteiger partial charge < -0.3 is 5.32 Å². The number of anilines is 1. The number of nitrogens with one attached hydrogen (secondary N) is 1. The number of nitrogens with zero attached hydrogens (tertiary/aromatic N) is 1. The van der Waals surface area contributed by atoms with Gasteiger partial charge in [0.1, 0.15) is 0 Å². The van der Waals surface area contributed by atoms with Gasteiger partial charge in [-0.1, -0.05) is 17.7 Å². The molecule has 0 aliphatic rings. The second-order valence-corrected chi connectivity index (χ2v) is 5.84. The van der Waals surface area contributed by atoms with E-state index in [1.54, 1.807) is 14.1 Å². The Morgan fingerprint density at radius 2 is 1.81 bits per heavy atom. The van der Waals surface area contributed by atoms with Crippen molar-refractivity contribution in [2.24, 2.45) is 0 Å². The molecule has 0 amide bonds. The minimum Gasteiger partial charge on any atom is -0.319 e. The van der Waals surface area contributed by atoms with E-state index >= 15 is 0 Å². The van der Waals surface area contributed by atoms with Crippen LogP contribution < -0.4 is 9.62 Å². The largest absolute Gasteiger partial charge is 0.319 e. The molecule has 1 aromatic carbocycles. The van der Waals surface area contributed by atoms with Gasteiger partial charge in [0.2, 0.25) is 10.0 Å². The predicted octanol–water partition coefficient (Wildman–Crippen LogP) is 0.980. The van der Waals surface area contributed by atoms with Gasteiger partial charge in [0, 0.05) is 13.6 Å². The summed E-state index contributed by atoms with van der Waals surface area (Å²) >= 11 is 0. The molecule has 0 aliphatic carbocycles. The van der Waals surface area contributed by atoms with Crippen LogP contribution >= 0.6 is 0 Å². The van der Waals surface area contributed by atoms with E-state index in [1.165, 1.54) is 4.31 Å². The van der Waals surface area contributed by atoms with E-state index in [9.17, 15) is 8.42 Å². The van der Waals surface area contributed by atoms with Crippen LogP contribution in [-0.2, 0) is 10.0 Å². The summed E-state index contributed by atoms with van der Waals surface area (Å²) in [6, 6.07) is 7.43. The molecule has 1 aromatic rings. The summed E-state index contributed by atoms with van der Waals surface area (Å²) in [6.07, 6.45) is 0. The summed E-state index contributed by atoms with van der Waals surface area (Å²) in [4.78, 5) is 0. The first-order chi connectivity index (χ1) is 7.47. The molecule has 0 saturated heterocycles. The van der Waals surface area contributed by atoms with Gasteiger partial charge >= 0.3 is 0 Å². The number of hydrogen-bond donors (Lipinski definition) is 1. The molecular weight excluding hydrogens is 224 g/mol. The highest BCUT2D eigenvalue weighted by Crippen LogP contribution is 2.16. The van der Waals surface area contributed by atoms with Crippen molar-refractivity contribution in [2.75, 3.05) is 30.7 Å². The summed E-state index contributed by atoms with van der Waals surface area (Å²) < 4.78 is 25.0. The zero-order chi connectivity index (χ0) is 12.2. The zero-order valence-corrected chi connectivity index (χ0v) is 10.7. The van der Waals surface area contributed by atoms with Gasteiger partial charge in [-0.05, 0) is 26.1 Å². The van der Waals surface area contributed by atoms with Gasteiger partial charge in [-0.3, -0.25) is 4.31 Å². The molecule has 0 unspecified atom stereocenters. The number of aryl methyl sites for hydroxylation is 1. The number of benzene rings is 1. The lowest BCUT2D eigenvalue weighted by Crippen LogP contribution is -2.32. The average molecular weight is 242 g/mol. The van der Waals surface area contributed by atoms with E-state index in [0.717, 1.165) is 5.56 Å². The fraction of sp³-hybridized carbons (Fsp3) is 0.455. The Balaban J connectivity index is 2.84. The van der Waals surface area contributed by atoms with Crippen molar-refractivity contribution >= 4 is 15.7 Å². The SMILES string of the molecule is CNCCS(=O)(=O)N(C)c1ccc(C)cc1. The first kappa shape index (κ1) is 13.0. The Bertz CT molecular complexity index is 426. The molecule has 0 aromatic heterocycles. The number of sulfonamides is 1. The van der Waals surface area contributed by atoms with Crippen LogP contribution in [0.2, 0.25) is 0 Å². The monoisotopic (exact) mass is 242 g/mol. The maximum Gasteiger partial charge on any atom is 0.236 e. The minimum absolute atomic E-state index is 0.105. The molecule has 5 heteroatoms. The molecule has 0 spiro atoms. The summed E-state index contributed by atoms with van der Waals surface area (Å²) in [5.74, 6) is 0.105. The molecule has 0 radical (unpaired) electrons. The van der Waals surface area contributed by atoms with Gasteiger partial charge in [0.15, 0.2) is 0 Å². The molecule has 0 heterocycles. The van der Waals surface area contributed by atoms with Crippen LogP contribution in [0, 0.1) is 6.92 Å². The van der Waals surface area contributed by atoms with E-state index in [4.69, 9.17) is 0 Å². The lowest BCUT2D eigenvalue weighted by molar-refractivity contribution is 0.592. The Kier molecular flexibility index (Phi) is 4.32. The first-order valence-corrected chi connectivity index (χ1v) is 6.76. The van der Waals surface area contributed by atoms with Gasteiger partial charge in [-0.25, -0.2) is 8.42 Å². The molecule has 0 bridgehead atoms. The highest BCUT2D eigenvalue weighted by atomic mass is 32.2. The van der Waals surface area contributed by atoms with E-state index in [-0.39, 0.29) is 5.75 Å². The Morgan fingerprint density at radius 1 is 1.25 bits per heavy atom. The summed E-state index contributed by atoms with van der Waals surface area (Å²) in [6.45, 7) is 2.43. The summed E-state index contributed by atoms with van der Waals surface area (Å²) in [5, 5.41) is 2.83. The maximum atomic E-state index is 11.9. The molecule has 90 valence electrons. The average Bonchev–Trinajstić information content (AvgIpc) is 2.26. The van der Waals surface area contributed by atoms with Gasteiger partial charge in [0.05, 0.1) is 11.4 Å². The molecule has 4 nitrogen and oxygen atoms in total. The van der Waals surface area contributed by atoms with Crippen molar-refractivity contribution in [3.8, 4) is 0 Å². The quantitative estimate of drug-likeness (QED) is 0.837. The third-order valence-corrected chi connectivity index (χ3v) is 4.19. The van der Waals surface area contributed by atoms with Crippen molar-refractivity contribution in [3.05, 3.63) is 29.8 Å². The van der Waals surface area contributed by atoms with E-state index in [1.807, 2.05) is 31.2 Å². The van der Waals surface area contributed by atoms with Crippen LogP contribution in [0.5, 0.6) is 0 Å². The Hall–Kier alpha value is -1.07. The van der Waals surface area contributed by atoms with Crippen molar-refractivity contribution < 1.29 is 8.42 Å². The van der Waals surface area contributed by atoms with E-state index in [0.29, 0.717) is 12.2 Å². The van der Waals surface area contributed by atoms with Gasteiger partial charge in [-0.2, -0.15) is 0 Å². The van der Waals surface area contributed by atoms with Crippen LogP contribution in [-0.4, -0.2) is 34.8 Å². The smallest absolute Gasteiger partial charge is 0.236 e. The van der Waals surface area contributed by atoms with Gasteiger partial charge in [0.25, 0.3) is 0 Å². The number of hydrogen-bond acceptors (Lipinski definition) is 3. The highest BCUT2D eigenvalue weighted by Gasteiger charge is 2.17. The van der Waals surface area contributed by atoms with Crippen LogP contribution in [0.3, 0.4) is 0 Å². The fourth-order valence-electron chi connectivity index (χ4n) is 1.28. The molecule has 0 saturated carbocycles. The van der Waals surface area contributed by atoms with Crippen LogP contribution in [0.1, 0.15) is 5.56 Å². The van der Waals surface area contributed by atoms with Crippen molar-refractivity contribution in [1.82, 2.24) is 5.32 Å². The van der Waals surface area contributed by atoms with E-state index in [2.05, 4.69) is 5.32 Å². The molecule has 0 fully saturated rings. The summed E-state index contributed by atoms with van der Waals surface area (Å²) in [5.41, 5.74) is 1.81. The maximum absolute atomic E-state index is 11.9. The van der Waals surface area contributed by atoms with Gasteiger partial charge in [-0.15, -0.1) is 0 Å². The van der Waals surface area contributed by atoms with Crippen LogP contribution in [0.4, 0.5) is 5.69 Å². The molecule has 1 N–H and O–H groups in total. The first-order valence-electron chi connectivity index (χ1n) is 5.15. The van der Waals surface area contributed by atoms with Crippen LogP contribution in [0.25, 0.3) is 0 Å². The normalized spacial score (nSPS) is 11.4. The fourth-order valence-corrected chi connectivity index (χ4v) is 2.46. The molecule has 0 atom stereocenters. The Morgan fingerprint density at radius 3 is 2.31 bits per heavy atom. The standard InChI is InChI=1S/C11H18N2O2S/c1-10-4-6-11(7-5-10)13(3)16(14,15)9-8-12-2/h4-7,12H,8-9H2,1-3H3. The van der Waals surface area contributed by atoms with Crippen molar-refractivity contribution in [3.63, 3.8) is 0 Å². The molecule has 1 rings (SSSR count). The third kappa shape index (κ3) is 3.21. The highest BCUT2D eigenvalue weighted by molar-refractivity contribution is 7.92. The second kappa shape index (κ2) is 5.32. The lowest BCUT2D eigenvalue weighted by Gasteiger charge is -2.19.